The number of carbonyl (C=O) groups excluding carboxylic acids is 1. The van der Waals surface area contributed by atoms with E-state index < -0.39 is 11.8 Å². The molecule has 2 heterocycles. The van der Waals surface area contributed by atoms with Gasteiger partial charge in [-0.25, -0.2) is 9.18 Å². The fraction of sp³-hybridized carbons (Fsp3) is 0.444. The first-order valence-corrected chi connectivity index (χ1v) is 19.5. The molecule has 11 heteroatoms. The van der Waals surface area contributed by atoms with E-state index in [1.165, 1.54) is 12.1 Å². The van der Waals surface area contributed by atoms with E-state index >= 15 is 0 Å². The second-order valence-electron chi connectivity index (χ2n) is 15.7. The van der Waals surface area contributed by atoms with Crippen LogP contribution in [0.5, 0.6) is 23.0 Å². The van der Waals surface area contributed by atoms with E-state index in [2.05, 4.69) is 13.8 Å². The number of carbonyl (C=O) groups is 1. The number of halogens is 1. The van der Waals surface area contributed by atoms with Gasteiger partial charge < -0.3 is 38.0 Å². The van der Waals surface area contributed by atoms with Gasteiger partial charge in [0.05, 0.1) is 58.4 Å². The van der Waals surface area contributed by atoms with Crippen LogP contribution in [-0.4, -0.2) is 72.0 Å². The second kappa shape index (κ2) is 18.6. The van der Waals surface area contributed by atoms with Gasteiger partial charge >= 0.3 is 5.97 Å². The highest BCUT2D eigenvalue weighted by Gasteiger charge is 2.34. The van der Waals surface area contributed by atoms with Crippen LogP contribution in [0.25, 0.3) is 11.1 Å². The topological polar surface area (TPSA) is 100 Å². The van der Waals surface area contributed by atoms with Crippen LogP contribution >= 0.6 is 0 Å². The van der Waals surface area contributed by atoms with Crippen molar-refractivity contribution in [2.45, 2.75) is 52.6 Å². The lowest BCUT2D eigenvalue weighted by atomic mass is 9.90. The third-order valence-electron chi connectivity index (χ3n) is 10.1. The summed E-state index contributed by atoms with van der Waals surface area (Å²) in [6.45, 7) is 11.4. The molecule has 0 spiro atoms. The fourth-order valence-electron chi connectivity index (χ4n) is 6.73. The van der Waals surface area contributed by atoms with Crippen molar-refractivity contribution in [1.29, 1.82) is 0 Å². The molecule has 56 heavy (non-hydrogen) atoms. The summed E-state index contributed by atoms with van der Waals surface area (Å²) in [5.41, 5.74) is 5.59. The number of rotatable bonds is 22. The molecule has 0 N–H and O–H groups in total. The molecule has 10 nitrogen and oxygen atoms in total. The SMILES string of the molecule is CC1(COCCCCOc2ccc(COOc3ccc4c(c3)Cc3cc(OC(=O)c5ccc(OCCCCOCC6(C)COC6)c(F)c5)ccc3-4)cc2)COC1. The number of fused-ring (bicyclic) bond motifs is 3. The molecule has 298 valence electrons. The maximum atomic E-state index is 14.8. The smallest absolute Gasteiger partial charge is 0.343 e. The Kier molecular flexibility index (Phi) is 13.2. The molecule has 0 unspecified atom stereocenters. The van der Waals surface area contributed by atoms with Crippen molar-refractivity contribution in [3.63, 3.8) is 0 Å². The molecule has 2 fully saturated rings. The van der Waals surface area contributed by atoms with Gasteiger partial charge in [0.15, 0.2) is 17.3 Å². The summed E-state index contributed by atoms with van der Waals surface area (Å²) in [7, 11) is 0. The van der Waals surface area contributed by atoms with Gasteiger partial charge in [0.2, 0.25) is 0 Å². The van der Waals surface area contributed by atoms with Crippen LogP contribution in [0.1, 0.15) is 66.6 Å². The van der Waals surface area contributed by atoms with E-state index in [1.807, 2.05) is 54.6 Å². The highest BCUT2D eigenvalue weighted by molar-refractivity contribution is 5.91. The zero-order chi connectivity index (χ0) is 38.8. The van der Waals surface area contributed by atoms with Crippen LogP contribution in [0.15, 0.2) is 78.9 Å². The van der Waals surface area contributed by atoms with Crippen molar-refractivity contribution in [3.05, 3.63) is 107 Å². The minimum absolute atomic E-state index is 0.0964. The summed E-state index contributed by atoms with van der Waals surface area (Å²) in [5, 5.41) is 0. The van der Waals surface area contributed by atoms with Gasteiger partial charge in [-0.1, -0.05) is 38.1 Å². The lowest BCUT2D eigenvalue weighted by Gasteiger charge is -2.37. The van der Waals surface area contributed by atoms with Crippen LogP contribution in [0.3, 0.4) is 0 Å². The number of ether oxygens (including phenoxy) is 7. The molecule has 4 aromatic rings. The highest BCUT2D eigenvalue weighted by Crippen LogP contribution is 2.40. The Morgan fingerprint density at radius 2 is 1.23 bits per heavy atom. The summed E-state index contributed by atoms with van der Waals surface area (Å²) < 4.78 is 53.9. The van der Waals surface area contributed by atoms with Gasteiger partial charge in [-0.2, -0.15) is 4.89 Å². The van der Waals surface area contributed by atoms with Crippen molar-refractivity contribution < 1.29 is 52.1 Å². The molecule has 0 aromatic heterocycles. The number of unbranched alkanes of at least 4 members (excludes halogenated alkanes) is 2. The third kappa shape index (κ3) is 10.7. The fourth-order valence-corrected chi connectivity index (χ4v) is 6.73. The Labute approximate surface area is 328 Å². The number of hydrogen-bond donors (Lipinski definition) is 0. The molecular formula is C45H51FO10. The van der Waals surface area contributed by atoms with E-state index in [-0.39, 0.29) is 28.7 Å². The molecule has 0 amide bonds. The first-order valence-electron chi connectivity index (χ1n) is 19.5. The standard InChI is InChI=1S/C45H51FO10/c1-44(28-50-29-44)26-48-17-3-5-19-52-36-10-7-32(8-11-36)25-54-56-38-13-15-40-35(23-38)21-34-22-37(12-14-39(34)40)55-43(47)33-9-16-42(41(46)24-33)53-20-6-4-18-49-27-45(2)30-51-31-45/h7-16,22-24H,3-6,17-21,25-31H2,1-2H3. The lowest BCUT2D eigenvalue weighted by Crippen LogP contribution is -2.43. The van der Waals surface area contributed by atoms with Crippen molar-refractivity contribution in [1.82, 2.24) is 0 Å². The molecule has 7 rings (SSSR count). The largest absolute Gasteiger partial charge is 0.494 e. The van der Waals surface area contributed by atoms with E-state index in [1.54, 1.807) is 6.07 Å². The van der Waals surface area contributed by atoms with E-state index in [9.17, 15) is 9.18 Å². The van der Waals surface area contributed by atoms with E-state index in [4.69, 9.17) is 42.9 Å². The average molecular weight is 771 g/mol. The van der Waals surface area contributed by atoms with Crippen LogP contribution in [0, 0.1) is 16.6 Å². The predicted octanol–water partition coefficient (Wildman–Crippen LogP) is 8.55. The Morgan fingerprint density at radius 1 is 0.661 bits per heavy atom. The molecule has 1 aliphatic carbocycles. The van der Waals surface area contributed by atoms with Gasteiger partial charge in [-0.15, -0.1) is 0 Å². The average Bonchev–Trinajstić information content (AvgIpc) is 3.53. The molecular weight excluding hydrogens is 719 g/mol. The summed E-state index contributed by atoms with van der Waals surface area (Å²) in [6, 6.07) is 23.3. The number of benzene rings is 4. The van der Waals surface area contributed by atoms with Gasteiger partial charge in [0.25, 0.3) is 0 Å². The van der Waals surface area contributed by atoms with Crippen LogP contribution < -0.4 is 19.1 Å². The number of hydrogen-bond acceptors (Lipinski definition) is 10. The summed E-state index contributed by atoms with van der Waals surface area (Å²) >= 11 is 0. The molecule has 2 aliphatic heterocycles. The van der Waals surface area contributed by atoms with Gasteiger partial charge in [0, 0.05) is 24.0 Å². The minimum Gasteiger partial charge on any atom is -0.494 e. The van der Waals surface area contributed by atoms with Gasteiger partial charge in [-0.05, 0) is 115 Å². The maximum Gasteiger partial charge on any atom is 0.343 e. The van der Waals surface area contributed by atoms with Crippen molar-refractivity contribution in [3.8, 4) is 34.1 Å². The Balaban J connectivity index is 0.799. The first-order chi connectivity index (χ1) is 27.2. The van der Waals surface area contributed by atoms with E-state index in [0.29, 0.717) is 44.3 Å². The molecule has 0 bridgehead atoms. The second-order valence-corrected chi connectivity index (χ2v) is 15.7. The lowest BCUT2D eigenvalue weighted by molar-refractivity contribution is -0.217. The van der Waals surface area contributed by atoms with Crippen LogP contribution in [-0.2, 0) is 36.9 Å². The summed E-state index contributed by atoms with van der Waals surface area (Å²) in [4.78, 5) is 24.1. The monoisotopic (exact) mass is 770 g/mol. The maximum absolute atomic E-state index is 14.8. The molecule has 0 radical (unpaired) electrons. The quantitative estimate of drug-likeness (QED) is 0.0224. The molecule has 0 atom stereocenters. The summed E-state index contributed by atoms with van der Waals surface area (Å²) in [5.74, 6) is 0.624. The third-order valence-corrected chi connectivity index (χ3v) is 10.1. The normalized spacial score (nSPS) is 15.9. The van der Waals surface area contributed by atoms with Crippen molar-refractivity contribution >= 4 is 5.97 Å². The van der Waals surface area contributed by atoms with Gasteiger partial charge in [-0.3, -0.25) is 0 Å². The number of esters is 1. The van der Waals surface area contributed by atoms with Crippen molar-refractivity contribution in [2.24, 2.45) is 10.8 Å². The zero-order valence-corrected chi connectivity index (χ0v) is 32.3. The molecule has 2 saturated heterocycles. The van der Waals surface area contributed by atoms with E-state index in [0.717, 1.165) is 105 Å². The van der Waals surface area contributed by atoms with Crippen LogP contribution in [0.2, 0.25) is 0 Å². The minimum atomic E-state index is -0.648. The van der Waals surface area contributed by atoms with Gasteiger partial charge in [0.1, 0.15) is 18.1 Å². The van der Waals surface area contributed by atoms with Crippen LogP contribution in [0.4, 0.5) is 4.39 Å². The molecule has 4 aromatic carbocycles. The summed E-state index contributed by atoms with van der Waals surface area (Å²) in [6.07, 6.45) is 4.05. The Hall–Kier alpha value is -4.52. The zero-order valence-electron chi connectivity index (χ0n) is 32.3. The molecule has 3 aliphatic rings. The van der Waals surface area contributed by atoms with Crippen molar-refractivity contribution in [2.75, 3.05) is 66.1 Å². The highest BCUT2D eigenvalue weighted by atomic mass is 19.1. The predicted molar refractivity (Wildman–Crippen MR) is 207 cm³/mol. The Bertz CT molecular complexity index is 1920. The Morgan fingerprint density at radius 3 is 1.84 bits per heavy atom. The first kappa shape index (κ1) is 39.7. The molecule has 0 saturated carbocycles.